The van der Waals surface area contributed by atoms with Gasteiger partial charge in [0.25, 0.3) is 0 Å². The number of aromatic nitrogens is 1. The van der Waals surface area contributed by atoms with Crippen molar-refractivity contribution in [1.29, 1.82) is 0 Å². The molecule has 0 aromatic carbocycles. The van der Waals surface area contributed by atoms with Gasteiger partial charge in [-0.1, -0.05) is 0 Å². The van der Waals surface area contributed by atoms with Gasteiger partial charge in [0.2, 0.25) is 0 Å². The predicted octanol–water partition coefficient (Wildman–Crippen LogP) is 0.435. The number of piperazine rings is 1. The van der Waals surface area contributed by atoms with Crippen molar-refractivity contribution < 1.29 is 5.11 Å². The summed E-state index contributed by atoms with van der Waals surface area (Å²) in [5.74, 6) is 0.919. The van der Waals surface area contributed by atoms with E-state index >= 15 is 0 Å². The lowest BCUT2D eigenvalue weighted by atomic mass is 10.2. The predicted molar refractivity (Wildman–Crippen MR) is 82.2 cm³/mol. The van der Waals surface area contributed by atoms with Crippen LogP contribution in [0.25, 0.3) is 0 Å². The normalized spacial score (nSPS) is 19.0. The first-order chi connectivity index (χ1) is 9.54. The fourth-order valence-electron chi connectivity index (χ4n) is 2.52. The van der Waals surface area contributed by atoms with E-state index < -0.39 is 0 Å². The Morgan fingerprint density at radius 1 is 1.35 bits per heavy atom. The van der Waals surface area contributed by atoms with Crippen LogP contribution >= 0.6 is 0 Å². The van der Waals surface area contributed by atoms with Gasteiger partial charge < -0.3 is 14.9 Å². The average Bonchev–Trinajstić information content (AvgIpc) is 2.41. The van der Waals surface area contributed by atoms with E-state index in [0.717, 1.165) is 38.5 Å². The average molecular weight is 278 g/mol. The minimum atomic E-state index is -0.342. The second kappa shape index (κ2) is 7.02. The number of likely N-dealkylation sites (N-methyl/N-ethyl adjacent to an activating group) is 2. The number of anilines is 1. The molecule has 1 unspecified atom stereocenters. The third-order valence-corrected chi connectivity index (χ3v) is 3.84. The molecule has 5 nitrogen and oxygen atoms in total. The van der Waals surface area contributed by atoms with Gasteiger partial charge in [0.1, 0.15) is 5.82 Å². The van der Waals surface area contributed by atoms with Crippen LogP contribution in [0.2, 0.25) is 0 Å². The van der Waals surface area contributed by atoms with Gasteiger partial charge in [-0.2, -0.15) is 0 Å². The Labute approximate surface area is 121 Å². The zero-order valence-corrected chi connectivity index (χ0v) is 12.8. The van der Waals surface area contributed by atoms with E-state index in [-0.39, 0.29) is 6.10 Å². The lowest BCUT2D eigenvalue weighted by molar-refractivity contribution is 0.0842. The molecular weight excluding hydrogens is 252 g/mol. The zero-order valence-electron chi connectivity index (χ0n) is 12.8. The summed E-state index contributed by atoms with van der Waals surface area (Å²) in [6.07, 6.45) is 1.47. The summed E-state index contributed by atoms with van der Waals surface area (Å²) in [5, 5.41) is 10.2. The van der Waals surface area contributed by atoms with Crippen LogP contribution in [0.15, 0.2) is 18.3 Å². The third kappa shape index (κ3) is 4.44. The van der Waals surface area contributed by atoms with Gasteiger partial charge in [-0.25, -0.2) is 4.98 Å². The first-order valence-electron chi connectivity index (χ1n) is 7.27. The summed E-state index contributed by atoms with van der Waals surface area (Å²) in [5.41, 5.74) is 1.19. The van der Waals surface area contributed by atoms with Crippen LogP contribution in [-0.2, 0) is 0 Å². The lowest BCUT2D eigenvalue weighted by Gasteiger charge is -2.34. The van der Waals surface area contributed by atoms with Gasteiger partial charge in [-0.05, 0) is 31.7 Å². The molecule has 1 N–H and O–H groups in total. The van der Waals surface area contributed by atoms with Gasteiger partial charge in [-0.3, -0.25) is 4.90 Å². The Bertz CT molecular complexity index is 418. The summed E-state index contributed by atoms with van der Waals surface area (Å²) in [6, 6.07) is 4.03. The minimum absolute atomic E-state index is 0.342. The van der Waals surface area contributed by atoms with Crippen LogP contribution in [0.3, 0.4) is 0 Å². The van der Waals surface area contributed by atoms with E-state index in [4.69, 9.17) is 0 Å². The molecule has 1 atom stereocenters. The maximum Gasteiger partial charge on any atom is 0.128 e. The topological polar surface area (TPSA) is 42.8 Å². The monoisotopic (exact) mass is 278 g/mol. The van der Waals surface area contributed by atoms with Gasteiger partial charge in [0.05, 0.1) is 6.10 Å². The standard InChI is InChI=1S/C15H26N4O/c1-13-4-5-16-15(10-13)18(3)11-14(20)12-19-8-6-17(2)7-9-19/h4-5,10,14,20H,6-9,11-12H2,1-3H3. The number of aliphatic hydroxyl groups is 1. The Balaban J connectivity index is 1.80. The summed E-state index contributed by atoms with van der Waals surface area (Å²) in [7, 11) is 4.12. The quantitative estimate of drug-likeness (QED) is 0.846. The highest BCUT2D eigenvalue weighted by atomic mass is 16.3. The fourth-order valence-corrected chi connectivity index (χ4v) is 2.52. The molecule has 112 valence electrons. The number of pyridine rings is 1. The molecule has 0 saturated carbocycles. The van der Waals surface area contributed by atoms with Crippen molar-refractivity contribution in [3.05, 3.63) is 23.9 Å². The van der Waals surface area contributed by atoms with E-state index in [2.05, 4.69) is 28.8 Å². The molecule has 0 spiro atoms. The van der Waals surface area contributed by atoms with Gasteiger partial charge in [-0.15, -0.1) is 0 Å². The molecule has 1 aromatic rings. The second-order valence-corrected chi connectivity index (χ2v) is 5.83. The molecule has 0 aliphatic carbocycles. The largest absolute Gasteiger partial charge is 0.390 e. The van der Waals surface area contributed by atoms with E-state index in [1.165, 1.54) is 5.56 Å². The van der Waals surface area contributed by atoms with Crippen LogP contribution in [0.1, 0.15) is 5.56 Å². The van der Waals surface area contributed by atoms with E-state index in [9.17, 15) is 5.11 Å². The molecule has 0 radical (unpaired) electrons. The number of rotatable bonds is 5. The van der Waals surface area contributed by atoms with Crippen molar-refractivity contribution in [2.75, 3.05) is 58.3 Å². The van der Waals surface area contributed by atoms with Crippen molar-refractivity contribution in [3.8, 4) is 0 Å². The van der Waals surface area contributed by atoms with Gasteiger partial charge >= 0.3 is 0 Å². The number of aliphatic hydroxyl groups excluding tert-OH is 1. The molecule has 0 amide bonds. The highest BCUT2D eigenvalue weighted by Gasteiger charge is 2.18. The van der Waals surface area contributed by atoms with E-state index in [0.29, 0.717) is 6.54 Å². The van der Waals surface area contributed by atoms with Crippen molar-refractivity contribution >= 4 is 5.82 Å². The summed E-state index contributed by atoms with van der Waals surface area (Å²) >= 11 is 0. The molecule has 0 bridgehead atoms. The molecule has 1 saturated heterocycles. The minimum Gasteiger partial charge on any atom is -0.390 e. The number of hydrogen-bond acceptors (Lipinski definition) is 5. The van der Waals surface area contributed by atoms with Crippen LogP contribution in [0.5, 0.6) is 0 Å². The first-order valence-corrected chi connectivity index (χ1v) is 7.27. The summed E-state index contributed by atoms with van der Waals surface area (Å²) < 4.78 is 0. The van der Waals surface area contributed by atoms with Crippen molar-refractivity contribution in [2.45, 2.75) is 13.0 Å². The molecule has 1 aliphatic heterocycles. The smallest absolute Gasteiger partial charge is 0.128 e. The molecule has 1 aliphatic rings. The third-order valence-electron chi connectivity index (χ3n) is 3.84. The number of hydrogen-bond donors (Lipinski definition) is 1. The Morgan fingerprint density at radius 2 is 2.05 bits per heavy atom. The van der Waals surface area contributed by atoms with Crippen LogP contribution in [-0.4, -0.2) is 79.4 Å². The highest BCUT2D eigenvalue weighted by Crippen LogP contribution is 2.11. The molecule has 2 heterocycles. The van der Waals surface area contributed by atoms with Crippen molar-refractivity contribution in [2.24, 2.45) is 0 Å². The summed E-state index contributed by atoms with van der Waals surface area (Å²) in [4.78, 5) is 11.0. The Morgan fingerprint density at radius 3 is 2.70 bits per heavy atom. The van der Waals surface area contributed by atoms with E-state index in [1.54, 1.807) is 0 Å². The Kier molecular flexibility index (Phi) is 5.34. The fraction of sp³-hybridized carbons (Fsp3) is 0.667. The molecule has 1 aromatic heterocycles. The molecule has 2 rings (SSSR count). The van der Waals surface area contributed by atoms with Crippen LogP contribution in [0.4, 0.5) is 5.82 Å². The van der Waals surface area contributed by atoms with Gasteiger partial charge in [0.15, 0.2) is 0 Å². The highest BCUT2D eigenvalue weighted by molar-refractivity contribution is 5.39. The van der Waals surface area contributed by atoms with E-state index in [1.807, 2.05) is 30.3 Å². The van der Waals surface area contributed by atoms with Crippen LogP contribution < -0.4 is 4.90 Å². The summed E-state index contributed by atoms with van der Waals surface area (Å²) in [6.45, 7) is 7.66. The number of β-amino-alcohol motifs (C(OH)–C–C–N with tert-alkyl or cyclic N) is 1. The number of aryl methyl sites for hydroxylation is 1. The lowest BCUT2D eigenvalue weighted by Crippen LogP contribution is -2.48. The maximum absolute atomic E-state index is 10.2. The first kappa shape index (κ1) is 15.2. The van der Waals surface area contributed by atoms with Crippen molar-refractivity contribution in [1.82, 2.24) is 14.8 Å². The zero-order chi connectivity index (χ0) is 14.5. The van der Waals surface area contributed by atoms with Crippen molar-refractivity contribution in [3.63, 3.8) is 0 Å². The SMILES string of the molecule is Cc1ccnc(N(C)CC(O)CN2CCN(C)CC2)c1. The second-order valence-electron chi connectivity index (χ2n) is 5.83. The number of nitrogens with zero attached hydrogens (tertiary/aromatic N) is 4. The molecule has 20 heavy (non-hydrogen) atoms. The maximum atomic E-state index is 10.2. The molecule has 1 fully saturated rings. The molecule has 5 heteroatoms. The Hall–Kier alpha value is -1.17. The van der Waals surface area contributed by atoms with Crippen LogP contribution in [0, 0.1) is 6.92 Å². The van der Waals surface area contributed by atoms with Gasteiger partial charge in [0, 0.05) is 52.5 Å². The molecular formula is C15H26N4O.